The van der Waals surface area contributed by atoms with Gasteiger partial charge in [0.25, 0.3) is 0 Å². The fourth-order valence-electron chi connectivity index (χ4n) is 1.88. The van der Waals surface area contributed by atoms with Gasteiger partial charge in [0.15, 0.2) is 12.2 Å². The SMILES string of the molecule is COCCNCc1ncoc1-c1ccc(F)cc1C. The third-order valence-corrected chi connectivity index (χ3v) is 2.85. The lowest BCUT2D eigenvalue weighted by molar-refractivity contribution is 0.199. The second kappa shape index (κ2) is 6.45. The summed E-state index contributed by atoms with van der Waals surface area (Å²) in [7, 11) is 1.66. The predicted octanol–water partition coefficient (Wildman–Crippen LogP) is 2.53. The van der Waals surface area contributed by atoms with Gasteiger partial charge in [-0.25, -0.2) is 9.37 Å². The van der Waals surface area contributed by atoms with Crippen molar-refractivity contribution >= 4 is 0 Å². The first-order chi connectivity index (χ1) is 9.22. The molecule has 0 saturated carbocycles. The normalized spacial score (nSPS) is 10.9. The maximum Gasteiger partial charge on any atom is 0.181 e. The minimum absolute atomic E-state index is 0.250. The van der Waals surface area contributed by atoms with E-state index in [1.54, 1.807) is 13.2 Å². The van der Waals surface area contributed by atoms with Crippen LogP contribution < -0.4 is 5.32 Å². The van der Waals surface area contributed by atoms with E-state index < -0.39 is 0 Å². The number of hydrogen-bond donors (Lipinski definition) is 1. The van der Waals surface area contributed by atoms with Gasteiger partial charge in [-0.05, 0) is 30.7 Å². The first-order valence-electron chi connectivity index (χ1n) is 6.11. The monoisotopic (exact) mass is 264 g/mol. The Morgan fingerprint density at radius 1 is 1.42 bits per heavy atom. The minimum atomic E-state index is -0.250. The number of nitrogens with one attached hydrogen (secondary N) is 1. The van der Waals surface area contributed by atoms with Crippen LogP contribution in [0.4, 0.5) is 4.39 Å². The van der Waals surface area contributed by atoms with Crippen LogP contribution in [0.2, 0.25) is 0 Å². The number of methoxy groups -OCH3 is 1. The summed E-state index contributed by atoms with van der Waals surface area (Å²) in [5.41, 5.74) is 2.50. The van der Waals surface area contributed by atoms with Gasteiger partial charge in [0.1, 0.15) is 11.5 Å². The number of nitrogens with zero attached hydrogens (tertiary/aromatic N) is 1. The highest BCUT2D eigenvalue weighted by molar-refractivity contribution is 5.63. The lowest BCUT2D eigenvalue weighted by Crippen LogP contribution is -2.19. The van der Waals surface area contributed by atoms with Crippen molar-refractivity contribution in [3.63, 3.8) is 0 Å². The molecular formula is C14H17FN2O2. The first-order valence-corrected chi connectivity index (χ1v) is 6.11. The van der Waals surface area contributed by atoms with Crippen molar-refractivity contribution < 1.29 is 13.5 Å². The van der Waals surface area contributed by atoms with E-state index in [1.807, 2.05) is 6.92 Å². The molecule has 0 radical (unpaired) electrons. The fraction of sp³-hybridized carbons (Fsp3) is 0.357. The molecule has 1 heterocycles. The Labute approximate surface area is 111 Å². The van der Waals surface area contributed by atoms with Gasteiger partial charge in [-0.1, -0.05) is 0 Å². The Morgan fingerprint density at radius 3 is 3.00 bits per heavy atom. The summed E-state index contributed by atoms with van der Waals surface area (Å²) in [6.07, 6.45) is 1.41. The molecule has 0 aliphatic heterocycles. The molecule has 0 atom stereocenters. The summed E-state index contributed by atoms with van der Waals surface area (Å²) < 4.78 is 23.5. The van der Waals surface area contributed by atoms with Crippen molar-refractivity contribution in [3.05, 3.63) is 41.7 Å². The van der Waals surface area contributed by atoms with Gasteiger partial charge in [0.2, 0.25) is 0 Å². The van der Waals surface area contributed by atoms with E-state index in [1.165, 1.54) is 18.5 Å². The summed E-state index contributed by atoms with van der Waals surface area (Å²) in [5, 5.41) is 3.21. The number of halogens is 1. The molecule has 1 aromatic carbocycles. The van der Waals surface area contributed by atoms with Crippen LogP contribution in [0.1, 0.15) is 11.3 Å². The third kappa shape index (κ3) is 3.39. The van der Waals surface area contributed by atoms with Gasteiger partial charge in [-0.15, -0.1) is 0 Å². The van der Waals surface area contributed by atoms with E-state index in [4.69, 9.17) is 9.15 Å². The van der Waals surface area contributed by atoms with Crippen molar-refractivity contribution in [1.29, 1.82) is 0 Å². The van der Waals surface area contributed by atoms with Crippen LogP contribution in [-0.2, 0) is 11.3 Å². The van der Waals surface area contributed by atoms with Gasteiger partial charge in [-0.3, -0.25) is 0 Å². The molecule has 2 aromatic rings. The Kier molecular flexibility index (Phi) is 4.65. The van der Waals surface area contributed by atoms with Gasteiger partial charge >= 0.3 is 0 Å². The predicted molar refractivity (Wildman–Crippen MR) is 70.2 cm³/mol. The molecule has 0 saturated heterocycles. The molecule has 0 bridgehead atoms. The molecule has 0 aliphatic carbocycles. The van der Waals surface area contributed by atoms with Gasteiger partial charge in [0.05, 0.1) is 6.61 Å². The molecule has 102 valence electrons. The number of rotatable bonds is 6. The van der Waals surface area contributed by atoms with E-state index in [0.29, 0.717) is 18.9 Å². The van der Waals surface area contributed by atoms with Crippen LogP contribution in [0.25, 0.3) is 11.3 Å². The van der Waals surface area contributed by atoms with Crippen LogP contribution in [0.5, 0.6) is 0 Å². The van der Waals surface area contributed by atoms with Crippen molar-refractivity contribution in [2.24, 2.45) is 0 Å². The zero-order valence-electron chi connectivity index (χ0n) is 11.1. The molecular weight excluding hydrogens is 247 g/mol. The maximum absolute atomic E-state index is 13.1. The smallest absolute Gasteiger partial charge is 0.181 e. The van der Waals surface area contributed by atoms with Crippen LogP contribution in [0.3, 0.4) is 0 Å². The molecule has 1 aromatic heterocycles. The Hall–Kier alpha value is -1.72. The highest BCUT2D eigenvalue weighted by Gasteiger charge is 2.13. The molecule has 0 fully saturated rings. The average molecular weight is 264 g/mol. The second-order valence-electron chi connectivity index (χ2n) is 4.26. The van der Waals surface area contributed by atoms with E-state index in [-0.39, 0.29) is 5.82 Å². The molecule has 1 N–H and O–H groups in total. The van der Waals surface area contributed by atoms with Crippen molar-refractivity contribution in [2.45, 2.75) is 13.5 Å². The van der Waals surface area contributed by atoms with Gasteiger partial charge in [0, 0.05) is 25.8 Å². The zero-order valence-corrected chi connectivity index (χ0v) is 11.1. The summed E-state index contributed by atoms with van der Waals surface area (Å²) in [4.78, 5) is 4.19. The van der Waals surface area contributed by atoms with Crippen molar-refractivity contribution in [1.82, 2.24) is 10.3 Å². The van der Waals surface area contributed by atoms with Crippen LogP contribution in [0, 0.1) is 12.7 Å². The number of ether oxygens (including phenoxy) is 1. The average Bonchev–Trinajstić information content (AvgIpc) is 2.83. The van der Waals surface area contributed by atoms with Crippen molar-refractivity contribution in [3.8, 4) is 11.3 Å². The van der Waals surface area contributed by atoms with E-state index in [9.17, 15) is 4.39 Å². The number of aromatic nitrogens is 1. The summed E-state index contributed by atoms with van der Waals surface area (Å²) >= 11 is 0. The molecule has 2 rings (SSSR count). The maximum atomic E-state index is 13.1. The highest BCUT2D eigenvalue weighted by Crippen LogP contribution is 2.26. The molecule has 0 aliphatic rings. The molecule has 19 heavy (non-hydrogen) atoms. The fourth-order valence-corrected chi connectivity index (χ4v) is 1.88. The Bertz CT molecular complexity index is 540. The highest BCUT2D eigenvalue weighted by atomic mass is 19.1. The molecule has 5 heteroatoms. The lowest BCUT2D eigenvalue weighted by atomic mass is 10.0. The summed E-state index contributed by atoms with van der Waals surface area (Å²) in [6.45, 7) is 3.82. The number of hydrogen-bond acceptors (Lipinski definition) is 4. The topological polar surface area (TPSA) is 47.3 Å². The van der Waals surface area contributed by atoms with Crippen LogP contribution in [0.15, 0.2) is 29.0 Å². The number of aryl methyl sites for hydroxylation is 1. The van der Waals surface area contributed by atoms with Crippen LogP contribution >= 0.6 is 0 Å². The van der Waals surface area contributed by atoms with E-state index in [0.717, 1.165) is 23.4 Å². The zero-order chi connectivity index (χ0) is 13.7. The summed E-state index contributed by atoms with van der Waals surface area (Å²) in [5.74, 6) is 0.433. The van der Waals surface area contributed by atoms with Crippen LogP contribution in [-0.4, -0.2) is 25.2 Å². The van der Waals surface area contributed by atoms with Gasteiger partial charge in [-0.2, -0.15) is 0 Å². The first kappa shape index (κ1) is 13.7. The molecule has 0 amide bonds. The summed E-state index contributed by atoms with van der Waals surface area (Å²) in [6, 6.07) is 4.62. The second-order valence-corrected chi connectivity index (χ2v) is 4.26. The van der Waals surface area contributed by atoms with Crippen molar-refractivity contribution in [2.75, 3.05) is 20.3 Å². The standard InChI is InChI=1S/C14H17FN2O2/c1-10-7-11(15)3-4-12(10)14-13(17-9-19-14)8-16-5-6-18-2/h3-4,7,9,16H,5-6,8H2,1-2H3. The molecule has 0 spiro atoms. The number of oxazole rings is 1. The third-order valence-electron chi connectivity index (χ3n) is 2.85. The van der Waals surface area contributed by atoms with Gasteiger partial charge < -0.3 is 14.5 Å². The number of benzene rings is 1. The minimum Gasteiger partial charge on any atom is -0.443 e. The van der Waals surface area contributed by atoms with E-state index in [2.05, 4.69) is 10.3 Å². The quantitative estimate of drug-likeness (QED) is 0.814. The van der Waals surface area contributed by atoms with E-state index >= 15 is 0 Å². The largest absolute Gasteiger partial charge is 0.443 e. The molecule has 0 unspecified atom stereocenters. The Morgan fingerprint density at radius 2 is 2.26 bits per heavy atom. The lowest BCUT2D eigenvalue weighted by Gasteiger charge is -2.06. The molecule has 4 nitrogen and oxygen atoms in total. The Balaban J connectivity index is 2.14.